The number of hydrogen-bond acceptors (Lipinski definition) is 4. The van der Waals surface area contributed by atoms with E-state index >= 15 is 0 Å². The normalized spacial score (nSPS) is 10.8. The highest BCUT2D eigenvalue weighted by Gasteiger charge is 2.12. The van der Waals surface area contributed by atoms with Crippen molar-refractivity contribution in [3.63, 3.8) is 0 Å². The average Bonchev–Trinajstić information content (AvgIpc) is 2.31. The van der Waals surface area contributed by atoms with Crippen molar-refractivity contribution in [1.29, 1.82) is 0 Å². The molecule has 0 amide bonds. The Balaban J connectivity index is 2.50. The van der Waals surface area contributed by atoms with Gasteiger partial charge >= 0.3 is 0 Å². The number of benzene rings is 1. The molecule has 0 radical (unpaired) electrons. The third-order valence-electron chi connectivity index (χ3n) is 2.08. The summed E-state index contributed by atoms with van der Waals surface area (Å²) >= 11 is 0. The monoisotopic (exact) mass is 225 g/mol. The fourth-order valence-electron chi connectivity index (χ4n) is 1.37. The largest absolute Gasteiger partial charge is 0.351 e. The smallest absolute Gasteiger partial charge is 0.177 e. The maximum absolute atomic E-state index is 9.82. The lowest BCUT2D eigenvalue weighted by molar-refractivity contribution is -0.135. The van der Waals surface area contributed by atoms with Crippen molar-refractivity contribution in [3.8, 4) is 0 Å². The van der Waals surface area contributed by atoms with Crippen LogP contribution in [0.5, 0.6) is 0 Å². The highest BCUT2D eigenvalue weighted by Crippen LogP contribution is 2.12. The molecule has 0 spiro atoms. The van der Waals surface area contributed by atoms with Gasteiger partial charge in [0.1, 0.15) is 0 Å². The number of ether oxygens (including phenoxy) is 2. The van der Waals surface area contributed by atoms with Gasteiger partial charge in [-0.25, -0.2) is 0 Å². The number of hydroxylamine groups is 1. The summed E-state index contributed by atoms with van der Waals surface area (Å²) in [5.41, 5.74) is 0.729. The standard InChI is InChI=1S/C12H19NO3/c1-3-15-12(16-4-2)10-13(14)11-8-6-5-7-9-11/h5-9,12,14H,3-4,10H2,1-2H3. The minimum absolute atomic E-state index is 0.297. The molecule has 0 unspecified atom stereocenters. The Kier molecular flexibility index (Phi) is 5.85. The van der Waals surface area contributed by atoms with Crippen LogP contribution in [-0.2, 0) is 9.47 Å². The molecule has 0 saturated carbocycles. The highest BCUT2D eigenvalue weighted by atomic mass is 16.7. The first-order valence-corrected chi connectivity index (χ1v) is 5.52. The molecular weight excluding hydrogens is 206 g/mol. The summed E-state index contributed by atoms with van der Waals surface area (Å²) in [5, 5.41) is 11.0. The van der Waals surface area contributed by atoms with Gasteiger partial charge in [0.2, 0.25) is 0 Å². The fraction of sp³-hybridized carbons (Fsp3) is 0.500. The molecule has 1 rings (SSSR count). The van der Waals surface area contributed by atoms with Gasteiger partial charge < -0.3 is 9.47 Å². The Morgan fingerprint density at radius 2 is 1.69 bits per heavy atom. The molecule has 0 fully saturated rings. The van der Waals surface area contributed by atoms with Crippen molar-refractivity contribution in [3.05, 3.63) is 30.3 Å². The first-order chi connectivity index (χ1) is 7.77. The van der Waals surface area contributed by atoms with Crippen LogP contribution in [-0.4, -0.2) is 31.3 Å². The lowest BCUT2D eigenvalue weighted by atomic mass is 10.3. The predicted molar refractivity (Wildman–Crippen MR) is 62.6 cm³/mol. The zero-order valence-corrected chi connectivity index (χ0v) is 9.80. The van der Waals surface area contributed by atoms with Crippen LogP contribution in [0.15, 0.2) is 30.3 Å². The molecule has 1 aromatic rings. The van der Waals surface area contributed by atoms with Crippen LogP contribution in [0.1, 0.15) is 13.8 Å². The highest BCUT2D eigenvalue weighted by molar-refractivity contribution is 5.42. The van der Waals surface area contributed by atoms with Gasteiger partial charge in [0.15, 0.2) is 6.29 Å². The molecule has 4 heteroatoms. The third kappa shape index (κ3) is 4.18. The SMILES string of the molecule is CCOC(CN(O)c1ccccc1)OCC. The van der Waals surface area contributed by atoms with E-state index < -0.39 is 6.29 Å². The van der Waals surface area contributed by atoms with Crippen molar-refractivity contribution in [2.75, 3.05) is 24.8 Å². The van der Waals surface area contributed by atoms with Crippen molar-refractivity contribution in [2.24, 2.45) is 0 Å². The zero-order valence-electron chi connectivity index (χ0n) is 9.80. The van der Waals surface area contributed by atoms with Gasteiger partial charge in [0.25, 0.3) is 0 Å². The molecule has 1 aromatic carbocycles. The molecule has 0 bridgehead atoms. The zero-order chi connectivity index (χ0) is 11.8. The molecule has 0 aromatic heterocycles. The first kappa shape index (κ1) is 13.0. The predicted octanol–water partition coefficient (Wildman–Crippen LogP) is 2.28. The Hall–Kier alpha value is -1.10. The van der Waals surface area contributed by atoms with Crippen LogP contribution in [0, 0.1) is 0 Å². The minimum atomic E-state index is -0.403. The van der Waals surface area contributed by atoms with E-state index in [1.54, 1.807) is 0 Å². The summed E-state index contributed by atoms with van der Waals surface area (Å²) in [6.07, 6.45) is -0.403. The Morgan fingerprint density at radius 1 is 1.12 bits per heavy atom. The molecule has 4 nitrogen and oxygen atoms in total. The molecule has 0 aliphatic rings. The number of para-hydroxylation sites is 1. The van der Waals surface area contributed by atoms with Gasteiger partial charge in [-0.15, -0.1) is 0 Å². The number of hydrogen-bond donors (Lipinski definition) is 1. The lowest BCUT2D eigenvalue weighted by Gasteiger charge is -2.23. The maximum atomic E-state index is 9.82. The van der Waals surface area contributed by atoms with Crippen molar-refractivity contribution in [1.82, 2.24) is 0 Å². The van der Waals surface area contributed by atoms with E-state index in [0.717, 1.165) is 10.8 Å². The Bertz CT molecular complexity index is 273. The summed E-state index contributed by atoms with van der Waals surface area (Å²) in [6, 6.07) is 9.30. The van der Waals surface area contributed by atoms with E-state index in [0.29, 0.717) is 19.8 Å². The van der Waals surface area contributed by atoms with Crippen LogP contribution >= 0.6 is 0 Å². The minimum Gasteiger partial charge on any atom is -0.351 e. The molecule has 0 aliphatic carbocycles. The van der Waals surface area contributed by atoms with E-state index in [1.807, 2.05) is 44.2 Å². The lowest BCUT2D eigenvalue weighted by Crippen LogP contribution is -2.33. The van der Waals surface area contributed by atoms with Crippen LogP contribution in [0.25, 0.3) is 0 Å². The topological polar surface area (TPSA) is 41.9 Å². The van der Waals surface area contributed by atoms with Gasteiger partial charge in [-0.05, 0) is 26.0 Å². The summed E-state index contributed by atoms with van der Waals surface area (Å²) < 4.78 is 10.7. The number of nitrogens with zero attached hydrogens (tertiary/aromatic N) is 1. The first-order valence-electron chi connectivity index (χ1n) is 5.52. The van der Waals surface area contributed by atoms with Crippen LogP contribution in [0.2, 0.25) is 0 Å². The second-order valence-electron chi connectivity index (χ2n) is 3.26. The number of rotatable bonds is 7. The van der Waals surface area contributed by atoms with E-state index in [9.17, 15) is 5.21 Å². The quantitative estimate of drug-likeness (QED) is 0.571. The van der Waals surface area contributed by atoms with Crippen molar-refractivity contribution < 1.29 is 14.7 Å². The molecule has 0 saturated heterocycles. The van der Waals surface area contributed by atoms with E-state index in [-0.39, 0.29) is 0 Å². The molecule has 0 aliphatic heterocycles. The molecule has 16 heavy (non-hydrogen) atoms. The summed E-state index contributed by atoms with van der Waals surface area (Å²) in [7, 11) is 0. The fourth-order valence-corrected chi connectivity index (χ4v) is 1.37. The van der Waals surface area contributed by atoms with Gasteiger partial charge in [0, 0.05) is 13.2 Å². The van der Waals surface area contributed by atoms with E-state index in [4.69, 9.17) is 9.47 Å². The molecule has 0 atom stereocenters. The molecule has 90 valence electrons. The maximum Gasteiger partial charge on any atom is 0.177 e. The summed E-state index contributed by atoms with van der Waals surface area (Å²) in [6.45, 7) is 5.22. The molecule has 1 N–H and O–H groups in total. The van der Waals surface area contributed by atoms with E-state index in [1.165, 1.54) is 0 Å². The van der Waals surface area contributed by atoms with Gasteiger partial charge in [-0.1, -0.05) is 18.2 Å². The van der Waals surface area contributed by atoms with Crippen LogP contribution in [0.3, 0.4) is 0 Å². The van der Waals surface area contributed by atoms with Gasteiger partial charge in [-0.2, -0.15) is 0 Å². The summed E-state index contributed by atoms with van der Waals surface area (Å²) in [4.78, 5) is 0. The second-order valence-corrected chi connectivity index (χ2v) is 3.26. The van der Waals surface area contributed by atoms with Gasteiger partial charge in [0.05, 0.1) is 12.2 Å². The van der Waals surface area contributed by atoms with Crippen molar-refractivity contribution >= 4 is 5.69 Å². The molecular formula is C12H19NO3. The average molecular weight is 225 g/mol. The third-order valence-corrected chi connectivity index (χ3v) is 2.08. The Morgan fingerprint density at radius 3 is 2.19 bits per heavy atom. The van der Waals surface area contributed by atoms with E-state index in [2.05, 4.69) is 0 Å². The van der Waals surface area contributed by atoms with Crippen LogP contribution in [0.4, 0.5) is 5.69 Å². The second kappa shape index (κ2) is 7.22. The Labute approximate surface area is 96.4 Å². The van der Waals surface area contributed by atoms with Crippen molar-refractivity contribution in [2.45, 2.75) is 20.1 Å². The summed E-state index contributed by atoms with van der Waals surface area (Å²) in [5.74, 6) is 0. The van der Waals surface area contributed by atoms with Crippen LogP contribution < -0.4 is 5.06 Å². The van der Waals surface area contributed by atoms with Gasteiger partial charge in [-0.3, -0.25) is 10.3 Å². The molecule has 0 heterocycles. The number of anilines is 1.